The van der Waals surface area contributed by atoms with Gasteiger partial charge in [0, 0.05) is 80.6 Å². The molecule has 0 spiro atoms. The summed E-state index contributed by atoms with van der Waals surface area (Å²) in [4.78, 5) is 51.9. The molecule has 3 amide bonds. The standard InChI is InChI=1S/C40H43ClF2N10O3/c1-24-32(23-52(48-24)22-28-6-5-26(44)20-45-28)29-9-10-31(36(43)35(29)42)34-21-46-37(49(34)2)38(54)47-27-7-8-30(33(41)19-27)40(56)51-15-13-50(14-16-51)39(55)25-11-17-53(3,4)18-12-25/h5-10,19-21,23,25H,11-18,22,44H2,1-4H3/p+1. The fourth-order valence-electron chi connectivity index (χ4n) is 7.41. The number of nitrogens with one attached hydrogen (secondary N) is 1. The van der Waals surface area contributed by atoms with Gasteiger partial charge in [-0.1, -0.05) is 17.7 Å². The van der Waals surface area contributed by atoms with E-state index in [1.807, 2.05) is 4.90 Å². The predicted molar refractivity (Wildman–Crippen MR) is 209 cm³/mol. The van der Waals surface area contributed by atoms with E-state index < -0.39 is 17.5 Å². The van der Waals surface area contributed by atoms with Crippen LogP contribution in [0.5, 0.6) is 0 Å². The number of halogens is 3. The van der Waals surface area contributed by atoms with Crippen LogP contribution < -0.4 is 11.1 Å². The number of nitrogen functional groups attached to an aromatic ring is 1. The molecule has 2 fully saturated rings. The molecule has 0 aliphatic carbocycles. The maximum Gasteiger partial charge on any atom is 0.291 e. The molecule has 2 aliphatic rings. The normalized spacial score (nSPS) is 15.9. The lowest BCUT2D eigenvalue weighted by atomic mass is 9.94. The van der Waals surface area contributed by atoms with Crippen molar-refractivity contribution < 1.29 is 27.6 Å². The summed E-state index contributed by atoms with van der Waals surface area (Å²) in [5.41, 5.74) is 8.62. The molecule has 16 heteroatoms. The molecule has 0 radical (unpaired) electrons. The molecule has 0 saturated carbocycles. The maximum absolute atomic E-state index is 15.7. The monoisotopic (exact) mass is 785 g/mol. The van der Waals surface area contributed by atoms with E-state index in [1.54, 1.807) is 47.0 Å². The molecule has 0 atom stereocenters. The summed E-state index contributed by atoms with van der Waals surface area (Å²) in [6.07, 6.45) is 6.22. The van der Waals surface area contributed by atoms with E-state index in [0.717, 1.165) is 30.4 Å². The van der Waals surface area contributed by atoms with Gasteiger partial charge in [-0.3, -0.25) is 24.0 Å². The SMILES string of the molecule is Cc1nn(Cc2ccc(N)cn2)cc1-c1ccc(-c2cnc(C(=O)Nc3ccc(C(=O)N4CCN(C(=O)C5CC[N+](C)(C)CC5)CC4)c(Cl)c3)n2C)c(F)c1F. The summed E-state index contributed by atoms with van der Waals surface area (Å²) >= 11 is 6.56. The van der Waals surface area contributed by atoms with Crippen molar-refractivity contribution in [1.29, 1.82) is 0 Å². The average molecular weight is 786 g/mol. The number of benzene rings is 2. The third kappa shape index (κ3) is 7.86. The van der Waals surface area contributed by atoms with Crippen molar-refractivity contribution in [2.75, 3.05) is 64.4 Å². The Hall–Kier alpha value is -5.67. The van der Waals surface area contributed by atoms with E-state index in [1.165, 1.54) is 42.2 Å². The zero-order chi connectivity index (χ0) is 39.9. The molecule has 0 bridgehead atoms. The van der Waals surface area contributed by atoms with E-state index in [2.05, 4.69) is 34.5 Å². The van der Waals surface area contributed by atoms with Gasteiger partial charge in [0.05, 0.1) is 79.5 Å². The average Bonchev–Trinajstić information content (AvgIpc) is 3.74. The smallest absolute Gasteiger partial charge is 0.291 e. The number of rotatable bonds is 8. The van der Waals surface area contributed by atoms with Gasteiger partial charge in [0.15, 0.2) is 17.5 Å². The second kappa shape index (κ2) is 15.5. The number of hydrogen-bond acceptors (Lipinski definition) is 7. The molecule has 0 unspecified atom stereocenters. The van der Waals surface area contributed by atoms with E-state index in [-0.39, 0.29) is 51.0 Å². The number of aryl methyl sites for hydroxylation is 1. The zero-order valence-corrected chi connectivity index (χ0v) is 32.5. The molecule has 3 N–H and O–H groups in total. The molecule has 5 heterocycles. The van der Waals surface area contributed by atoms with Gasteiger partial charge in [0.2, 0.25) is 5.91 Å². The highest BCUT2D eigenvalue weighted by molar-refractivity contribution is 6.34. The van der Waals surface area contributed by atoms with Crippen LogP contribution in [0, 0.1) is 24.5 Å². The van der Waals surface area contributed by atoms with E-state index in [4.69, 9.17) is 17.3 Å². The number of nitrogens with two attached hydrogens (primary N) is 1. The minimum atomic E-state index is -1.10. The van der Waals surface area contributed by atoms with Crippen LogP contribution >= 0.6 is 11.6 Å². The number of anilines is 2. The highest BCUT2D eigenvalue weighted by Crippen LogP contribution is 2.33. The van der Waals surface area contributed by atoms with Crippen LogP contribution in [0.3, 0.4) is 0 Å². The number of hydrogen-bond donors (Lipinski definition) is 2. The van der Waals surface area contributed by atoms with Crippen molar-refractivity contribution >= 4 is 40.7 Å². The molecular formula is C40H44ClF2N10O3+. The molecule has 2 aromatic carbocycles. The minimum absolute atomic E-state index is 0.0340. The quantitative estimate of drug-likeness (QED) is 0.205. The first-order valence-corrected chi connectivity index (χ1v) is 18.8. The summed E-state index contributed by atoms with van der Waals surface area (Å²) in [5, 5.41) is 7.32. The molecule has 56 heavy (non-hydrogen) atoms. The van der Waals surface area contributed by atoms with Crippen LogP contribution in [0.15, 0.2) is 61.1 Å². The van der Waals surface area contributed by atoms with Gasteiger partial charge in [-0.05, 0) is 43.3 Å². The number of nitrogens with zero attached hydrogens (tertiary/aromatic N) is 8. The number of carbonyl (C=O) groups is 3. The van der Waals surface area contributed by atoms with Crippen LogP contribution in [-0.4, -0.2) is 110 Å². The summed E-state index contributed by atoms with van der Waals surface area (Å²) in [7, 11) is 5.90. The molecule has 7 rings (SSSR count). The lowest BCUT2D eigenvalue weighted by Crippen LogP contribution is -2.54. The first kappa shape index (κ1) is 38.6. The van der Waals surface area contributed by atoms with Gasteiger partial charge in [-0.2, -0.15) is 5.10 Å². The Morgan fingerprint density at radius 2 is 1.59 bits per heavy atom. The number of piperazine rings is 1. The Bertz CT molecular complexity index is 2310. The number of amides is 3. The van der Waals surface area contributed by atoms with Gasteiger partial charge in [-0.15, -0.1) is 0 Å². The number of quaternary nitrogens is 1. The number of imidazole rings is 1. The third-order valence-corrected chi connectivity index (χ3v) is 11.1. The predicted octanol–water partition coefficient (Wildman–Crippen LogP) is 5.24. The number of carbonyl (C=O) groups excluding carboxylic acids is 3. The minimum Gasteiger partial charge on any atom is -0.397 e. The van der Waals surface area contributed by atoms with Crippen molar-refractivity contribution in [3.05, 3.63) is 100 Å². The van der Waals surface area contributed by atoms with Crippen molar-refractivity contribution in [2.45, 2.75) is 26.3 Å². The van der Waals surface area contributed by atoms with Gasteiger partial charge in [0.1, 0.15) is 0 Å². The highest BCUT2D eigenvalue weighted by atomic mass is 35.5. The van der Waals surface area contributed by atoms with Gasteiger partial charge >= 0.3 is 0 Å². The van der Waals surface area contributed by atoms with Crippen LogP contribution in [0.4, 0.5) is 20.2 Å². The third-order valence-electron chi connectivity index (χ3n) is 10.8. The van der Waals surface area contributed by atoms with Crippen molar-refractivity contribution in [1.82, 2.24) is 34.1 Å². The van der Waals surface area contributed by atoms with Crippen molar-refractivity contribution in [3.8, 4) is 22.4 Å². The van der Waals surface area contributed by atoms with Gasteiger partial charge < -0.3 is 29.9 Å². The number of aromatic nitrogens is 5. The maximum atomic E-state index is 15.7. The van der Waals surface area contributed by atoms with Crippen LogP contribution in [-0.2, 0) is 18.4 Å². The molecule has 2 aliphatic heterocycles. The summed E-state index contributed by atoms with van der Waals surface area (Å²) in [6, 6.07) is 11.0. The van der Waals surface area contributed by atoms with Crippen LogP contribution in [0.2, 0.25) is 5.02 Å². The molecule has 292 valence electrons. The Labute approximate surface area is 328 Å². The topological polar surface area (TPSA) is 144 Å². The Morgan fingerprint density at radius 3 is 2.27 bits per heavy atom. The lowest BCUT2D eigenvalue weighted by molar-refractivity contribution is -0.895. The number of piperidine rings is 1. The largest absolute Gasteiger partial charge is 0.397 e. The first-order valence-electron chi connectivity index (χ1n) is 18.4. The van der Waals surface area contributed by atoms with E-state index in [9.17, 15) is 14.4 Å². The van der Waals surface area contributed by atoms with Crippen LogP contribution in [0.1, 0.15) is 45.2 Å². The van der Waals surface area contributed by atoms with E-state index in [0.29, 0.717) is 61.0 Å². The van der Waals surface area contributed by atoms with Crippen LogP contribution in [0.25, 0.3) is 22.4 Å². The van der Waals surface area contributed by atoms with Crippen molar-refractivity contribution in [2.24, 2.45) is 13.0 Å². The Morgan fingerprint density at radius 1 is 0.911 bits per heavy atom. The van der Waals surface area contributed by atoms with E-state index >= 15 is 8.78 Å². The second-order valence-corrected chi connectivity index (χ2v) is 15.6. The fraction of sp³-hybridized carbons (Fsp3) is 0.350. The summed E-state index contributed by atoms with van der Waals surface area (Å²) in [6.45, 7) is 5.71. The Kier molecular flexibility index (Phi) is 10.7. The zero-order valence-electron chi connectivity index (χ0n) is 31.7. The summed E-state index contributed by atoms with van der Waals surface area (Å²) < 4.78 is 35.3. The molecular weight excluding hydrogens is 742 g/mol. The molecule has 2 saturated heterocycles. The molecule has 5 aromatic rings. The lowest BCUT2D eigenvalue weighted by Gasteiger charge is -2.40. The molecule has 13 nitrogen and oxygen atoms in total. The summed E-state index contributed by atoms with van der Waals surface area (Å²) in [5.74, 6) is -2.90. The van der Waals surface area contributed by atoms with Crippen molar-refractivity contribution in [3.63, 3.8) is 0 Å². The highest BCUT2D eigenvalue weighted by Gasteiger charge is 2.35. The first-order chi connectivity index (χ1) is 26.7. The number of pyridine rings is 1. The van der Waals surface area contributed by atoms with Gasteiger partial charge in [-0.25, -0.2) is 13.8 Å². The van der Waals surface area contributed by atoms with Gasteiger partial charge in [0.25, 0.3) is 11.8 Å². The number of likely N-dealkylation sites (tertiary alicyclic amines) is 1. The fourth-order valence-corrected chi connectivity index (χ4v) is 7.67. The second-order valence-electron chi connectivity index (χ2n) is 15.1. The molecule has 3 aromatic heterocycles. The Balaban J connectivity index is 0.985.